The molecule has 2 rings (SSSR count). The summed E-state index contributed by atoms with van der Waals surface area (Å²) in [5.41, 5.74) is 3.82. The number of aryl methyl sites for hydroxylation is 2. The van der Waals surface area contributed by atoms with Crippen molar-refractivity contribution in [1.82, 2.24) is 0 Å². The Balaban J connectivity index is 2.21. The van der Waals surface area contributed by atoms with E-state index in [-0.39, 0.29) is 10.6 Å². The molecule has 0 fully saturated rings. The number of halogens is 1. The Morgan fingerprint density at radius 2 is 2.00 bits per heavy atom. The zero-order valence-corrected chi connectivity index (χ0v) is 12.9. The Hall–Kier alpha value is -1.88. The van der Waals surface area contributed by atoms with Crippen LogP contribution in [0.3, 0.4) is 0 Å². The third-order valence-corrected chi connectivity index (χ3v) is 3.70. The van der Waals surface area contributed by atoms with Gasteiger partial charge in [-0.3, -0.25) is 10.1 Å². The van der Waals surface area contributed by atoms with Crippen molar-refractivity contribution in [3.05, 3.63) is 67.7 Å². The SMILES string of the molecule is Cc1cccc(CNc2cc([N+](=O)[O-])c(C)cc2Br)c1. The lowest BCUT2D eigenvalue weighted by atomic mass is 10.1. The smallest absolute Gasteiger partial charge is 0.274 e. The maximum absolute atomic E-state index is 11.0. The third kappa shape index (κ3) is 3.36. The van der Waals surface area contributed by atoms with Gasteiger partial charge in [0, 0.05) is 22.6 Å². The Morgan fingerprint density at radius 3 is 2.65 bits per heavy atom. The number of hydrogen-bond donors (Lipinski definition) is 1. The highest BCUT2D eigenvalue weighted by molar-refractivity contribution is 9.10. The van der Waals surface area contributed by atoms with E-state index in [0.717, 1.165) is 15.7 Å². The Morgan fingerprint density at radius 1 is 1.25 bits per heavy atom. The normalized spacial score (nSPS) is 10.3. The van der Waals surface area contributed by atoms with Gasteiger partial charge in [0.1, 0.15) is 0 Å². The Bertz CT molecular complexity index is 656. The Kier molecular flexibility index (Phi) is 4.39. The van der Waals surface area contributed by atoms with Crippen molar-refractivity contribution in [1.29, 1.82) is 0 Å². The highest BCUT2D eigenvalue weighted by Crippen LogP contribution is 2.30. The molecule has 104 valence electrons. The van der Waals surface area contributed by atoms with Crippen LogP contribution >= 0.6 is 15.9 Å². The second kappa shape index (κ2) is 6.05. The van der Waals surface area contributed by atoms with Gasteiger partial charge in [-0.1, -0.05) is 29.8 Å². The second-order valence-electron chi connectivity index (χ2n) is 4.72. The quantitative estimate of drug-likeness (QED) is 0.657. The fraction of sp³-hybridized carbons (Fsp3) is 0.200. The number of rotatable bonds is 4. The molecule has 0 spiro atoms. The van der Waals surface area contributed by atoms with Crippen LogP contribution in [-0.2, 0) is 6.54 Å². The molecular formula is C15H15BrN2O2. The van der Waals surface area contributed by atoms with Gasteiger partial charge in [0.25, 0.3) is 5.69 Å². The number of benzene rings is 2. The first kappa shape index (κ1) is 14.5. The van der Waals surface area contributed by atoms with Crippen LogP contribution in [0.5, 0.6) is 0 Å². The molecule has 0 heterocycles. The summed E-state index contributed by atoms with van der Waals surface area (Å²) in [6, 6.07) is 11.5. The molecule has 2 aromatic rings. The van der Waals surface area contributed by atoms with E-state index in [1.807, 2.05) is 25.1 Å². The molecule has 0 aliphatic carbocycles. The number of nitro groups is 1. The van der Waals surface area contributed by atoms with Crippen molar-refractivity contribution in [2.75, 3.05) is 5.32 Å². The molecule has 4 nitrogen and oxygen atoms in total. The van der Waals surface area contributed by atoms with E-state index in [1.54, 1.807) is 19.1 Å². The second-order valence-corrected chi connectivity index (χ2v) is 5.57. The molecule has 2 aromatic carbocycles. The maximum Gasteiger partial charge on any atom is 0.274 e. The molecule has 0 amide bonds. The van der Waals surface area contributed by atoms with Gasteiger partial charge in [0.05, 0.1) is 10.6 Å². The molecule has 0 unspecified atom stereocenters. The maximum atomic E-state index is 11.0. The number of hydrogen-bond acceptors (Lipinski definition) is 3. The predicted molar refractivity (Wildman–Crippen MR) is 84.0 cm³/mol. The minimum Gasteiger partial charge on any atom is -0.380 e. The summed E-state index contributed by atoms with van der Waals surface area (Å²) >= 11 is 3.43. The molecule has 0 aliphatic rings. The third-order valence-electron chi connectivity index (χ3n) is 3.05. The van der Waals surface area contributed by atoms with E-state index < -0.39 is 0 Å². The molecule has 5 heteroatoms. The zero-order chi connectivity index (χ0) is 14.7. The van der Waals surface area contributed by atoms with Gasteiger partial charge >= 0.3 is 0 Å². The van der Waals surface area contributed by atoms with Crippen LogP contribution < -0.4 is 5.32 Å². The summed E-state index contributed by atoms with van der Waals surface area (Å²) in [7, 11) is 0. The van der Waals surface area contributed by atoms with Gasteiger partial charge in [-0.2, -0.15) is 0 Å². The summed E-state index contributed by atoms with van der Waals surface area (Å²) < 4.78 is 0.827. The van der Waals surface area contributed by atoms with Crippen LogP contribution in [0.4, 0.5) is 11.4 Å². The zero-order valence-electron chi connectivity index (χ0n) is 11.3. The van der Waals surface area contributed by atoms with Crippen molar-refractivity contribution < 1.29 is 4.92 Å². The largest absolute Gasteiger partial charge is 0.380 e. The predicted octanol–water partition coefficient (Wildman–Crippen LogP) is 4.59. The highest BCUT2D eigenvalue weighted by Gasteiger charge is 2.14. The number of nitro benzene ring substituents is 1. The number of nitrogens with one attached hydrogen (secondary N) is 1. The molecule has 0 saturated heterocycles. The Labute approximate surface area is 126 Å². The van der Waals surface area contributed by atoms with E-state index in [0.29, 0.717) is 12.1 Å². The van der Waals surface area contributed by atoms with Gasteiger partial charge in [0.15, 0.2) is 0 Å². The van der Waals surface area contributed by atoms with Crippen LogP contribution in [0.1, 0.15) is 16.7 Å². The minimum atomic E-state index is -0.361. The van der Waals surface area contributed by atoms with Gasteiger partial charge in [-0.05, 0) is 41.4 Å². The van der Waals surface area contributed by atoms with Crippen molar-refractivity contribution >= 4 is 27.3 Å². The topological polar surface area (TPSA) is 55.2 Å². The lowest BCUT2D eigenvalue weighted by Gasteiger charge is -2.10. The van der Waals surface area contributed by atoms with Crippen LogP contribution in [0.15, 0.2) is 40.9 Å². The van der Waals surface area contributed by atoms with E-state index in [2.05, 4.69) is 27.3 Å². The molecular weight excluding hydrogens is 320 g/mol. The van der Waals surface area contributed by atoms with Crippen LogP contribution in [0.2, 0.25) is 0 Å². The summed E-state index contributed by atoms with van der Waals surface area (Å²) in [5, 5.41) is 14.2. The molecule has 0 atom stereocenters. The van der Waals surface area contributed by atoms with Crippen molar-refractivity contribution in [3.8, 4) is 0 Å². The van der Waals surface area contributed by atoms with Crippen LogP contribution in [0.25, 0.3) is 0 Å². The van der Waals surface area contributed by atoms with Gasteiger partial charge < -0.3 is 5.32 Å². The summed E-state index contributed by atoms with van der Waals surface area (Å²) in [6.45, 7) is 4.39. The number of nitrogens with zero attached hydrogens (tertiary/aromatic N) is 1. The molecule has 0 bridgehead atoms. The monoisotopic (exact) mass is 334 g/mol. The van der Waals surface area contributed by atoms with Gasteiger partial charge in [-0.25, -0.2) is 0 Å². The fourth-order valence-electron chi connectivity index (χ4n) is 2.01. The first-order chi connectivity index (χ1) is 9.47. The summed E-state index contributed by atoms with van der Waals surface area (Å²) in [6.07, 6.45) is 0. The van der Waals surface area contributed by atoms with Crippen LogP contribution in [-0.4, -0.2) is 4.92 Å². The van der Waals surface area contributed by atoms with Gasteiger partial charge in [-0.15, -0.1) is 0 Å². The van der Waals surface area contributed by atoms with Crippen LogP contribution in [0, 0.1) is 24.0 Å². The standard InChI is InChI=1S/C15H15BrN2O2/c1-10-4-3-5-12(6-10)9-17-14-8-15(18(19)20)11(2)7-13(14)16/h3-8,17H,9H2,1-2H3. The summed E-state index contributed by atoms with van der Waals surface area (Å²) in [4.78, 5) is 10.6. The first-order valence-corrected chi connectivity index (χ1v) is 7.00. The van der Waals surface area contributed by atoms with Gasteiger partial charge in [0.2, 0.25) is 0 Å². The van der Waals surface area contributed by atoms with Crippen molar-refractivity contribution in [2.45, 2.75) is 20.4 Å². The van der Waals surface area contributed by atoms with Crippen molar-refractivity contribution in [2.24, 2.45) is 0 Å². The molecule has 0 radical (unpaired) electrons. The average molecular weight is 335 g/mol. The lowest BCUT2D eigenvalue weighted by molar-refractivity contribution is -0.385. The van der Waals surface area contributed by atoms with E-state index in [9.17, 15) is 10.1 Å². The fourth-order valence-corrected chi connectivity index (χ4v) is 2.61. The van der Waals surface area contributed by atoms with E-state index in [4.69, 9.17) is 0 Å². The lowest BCUT2D eigenvalue weighted by Crippen LogP contribution is -2.02. The van der Waals surface area contributed by atoms with Crippen molar-refractivity contribution in [3.63, 3.8) is 0 Å². The minimum absolute atomic E-state index is 0.125. The average Bonchev–Trinajstić information content (AvgIpc) is 2.37. The molecule has 0 aromatic heterocycles. The molecule has 0 saturated carbocycles. The molecule has 20 heavy (non-hydrogen) atoms. The van der Waals surface area contributed by atoms with E-state index in [1.165, 1.54) is 5.56 Å². The van der Waals surface area contributed by atoms with E-state index >= 15 is 0 Å². The molecule has 1 N–H and O–H groups in total. The highest BCUT2D eigenvalue weighted by atomic mass is 79.9. The first-order valence-electron chi connectivity index (χ1n) is 6.21. The molecule has 0 aliphatic heterocycles. The number of anilines is 1. The summed E-state index contributed by atoms with van der Waals surface area (Å²) in [5.74, 6) is 0.